The highest BCUT2D eigenvalue weighted by Crippen LogP contribution is 2.38. The van der Waals surface area contributed by atoms with Crippen LogP contribution in [0.3, 0.4) is 0 Å². The van der Waals surface area contributed by atoms with Crippen molar-refractivity contribution in [2.45, 2.75) is 52.1 Å². The number of phenols is 2. The number of nitrogens with one attached hydrogen (secondary N) is 1. The van der Waals surface area contributed by atoms with Gasteiger partial charge in [0.1, 0.15) is 11.5 Å². The van der Waals surface area contributed by atoms with Crippen LogP contribution in [0.25, 0.3) is 17.1 Å². The minimum absolute atomic E-state index is 0.0260. The van der Waals surface area contributed by atoms with Gasteiger partial charge in [-0.05, 0) is 67.6 Å². The van der Waals surface area contributed by atoms with E-state index in [1.54, 1.807) is 10.6 Å². The standard InChI is InChI=1S/C28H36N6O3/c1-17(2)22-14-23(25(36)15-24(22)35)26-30-31-27(28(37)29-20-6-7-20)34(26)21-8-5-19(18(3)13-21)16-33-11-9-32(4)10-12-33/h5,8,13-15,17,20,35-36H,6-7,9-12,16H2,1-4H3,(H,29,37). The van der Waals surface area contributed by atoms with Crippen LogP contribution in [0.2, 0.25) is 0 Å². The zero-order valence-electron chi connectivity index (χ0n) is 22.0. The van der Waals surface area contributed by atoms with Gasteiger partial charge in [-0.2, -0.15) is 0 Å². The summed E-state index contributed by atoms with van der Waals surface area (Å²) in [4.78, 5) is 17.9. The molecule has 1 aromatic heterocycles. The number of aryl methyl sites for hydroxylation is 1. The van der Waals surface area contributed by atoms with E-state index in [1.807, 2.05) is 26.0 Å². The first-order valence-corrected chi connectivity index (χ1v) is 13.0. The molecular weight excluding hydrogens is 468 g/mol. The van der Waals surface area contributed by atoms with E-state index in [0.717, 1.165) is 56.8 Å². The molecule has 3 aromatic rings. The van der Waals surface area contributed by atoms with E-state index >= 15 is 0 Å². The Kier molecular flexibility index (Phi) is 6.92. The lowest BCUT2D eigenvalue weighted by atomic mass is 9.98. The number of hydrogen-bond donors (Lipinski definition) is 3. The molecule has 37 heavy (non-hydrogen) atoms. The van der Waals surface area contributed by atoms with E-state index < -0.39 is 0 Å². The fraction of sp³-hybridized carbons (Fsp3) is 0.464. The minimum Gasteiger partial charge on any atom is -0.508 e. The largest absolute Gasteiger partial charge is 0.508 e. The second-order valence-electron chi connectivity index (χ2n) is 10.7. The molecule has 1 aliphatic carbocycles. The van der Waals surface area contributed by atoms with Crippen LogP contribution in [0.15, 0.2) is 30.3 Å². The average Bonchev–Trinajstić information content (AvgIpc) is 3.56. The highest BCUT2D eigenvalue weighted by molar-refractivity contribution is 5.92. The smallest absolute Gasteiger partial charge is 0.289 e. The van der Waals surface area contributed by atoms with Gasteiger partial charge >= 0.3 is 0 Å². The number of rotatable bonds is 7. The third-order valence-electron chi connectivity index (χ3n) is 7.36. The number of amides is 1. The van der Waals surface area contributed by atoms with E-state index in [0.29, 0.717) is 17.0 Å². The Balaban J connectivity index is 1.55. The number of piperazine rings is 1. The molecule has 1 saturated carbocycles. The van der Waals surface area contributed by atoms with Crippen molar-refractivity contribution in [1.29, 1.82) is 0 Å². The van der Waals surface area contributed by atoms with Crippen LogP contribution >= 0.6 is 0 Å². The van der Waals surface area contributed by atoms with Crippen LogP contribution in [0, 0.1) is 6.92 Å². The second kappa shape index (κ2) is 10.1. The third kappa shape index (κ3) is 5.33. The van der Waals surface area contributed by atoms with E-state index in [-0.39, 0.29) is 35.2 Å². The summed E-state index contributed by atoms with van der Waals surface area (Å²) in [7, 11) is 2.15. The number of aromatic nitrogens is 3. The maximum atomic E-state index is 13.1. The average molecular weight is 505 g/mol. The van der Waals surface area contributed by atoms with Crippen molar-refractivity contribution in [2.24, 2.45) is 0 Å². The van der Waals surface area contributed by atoms with Gasteiger partial charge in [0, 0.05) is 50.5 Å². The molecule has 2 heterocycles. The zero-order valence-corrected chi connectivity index (χ0v) is 22.0. The summed E-state index contributed by atoms with van der Waals surface area (Å²) in [5, 5.41) is 32.8. The first kappa shape index (κ1) is 25.2. The fourth-order valence-electron chi connectivity index (χ4n) is 4.81. The fourth-order valence-corrected chi connectivity index (χ4v) is 4.81. The van der Waals surface area contributed by atoms with E-state index in [4.69, 9.17) is 0 Å². The molecule has 2 aliphatic rings. The molecule has 1 saturated heterocycles. The van der Waals surface area contributed by atoms with Gasteiger partial charge in [0.05, 0.1) is 5.56 Å². The van der Waals surface area contributed by atoms with Gasteiger partial charge in [-0.25, -0.2) is 0 Å². The van der Waals surface area contributed by atoms with Gasteiger partial charge in [0.15, 0.2) is 5.82 Å². The molecule has 0 unspecified atom stereocenters. The van der Waals surface area contributed by atoms with Crippen molar-refractivity contribution < 1.29 is 15.0 Å². The highest BCUT2D eigenvalue weighted by Gasteiger charge is 2.29. The quantitative estimate of drug-likeness (QED) is 0.453. The van der Waals surface area contributed by atoms with Crippen LogP contribution in [-0.2, 0) is 6.54 Å². The van der Waals surface area contributed by atoms with E-state index in [1.165, 1.54) is 11.6 Å². The van der Waals surface area contributed by atoms with Crippen LogP contribution in [0.5, 0.6) is 11.5 Å². The molecule has 9 heteroatoms. The summed E-state index contributed by atoms with van der Waals surface area (Å²) in [5.74, 6) is 0.178. The minimum atomic E-state index is -0.289. The lowest BCUT2D eigenvalue weighted by Gasteiger charge is -2.32. The summed E-state index contributed by atoms with van der Waals surface area (Å²) in [6, 6.07) is 9.37. The Morgan fingerprint density at radius 2 is 1.78 bits per heavy atom. The van der Waals surface area contributed by atoms with Crippen molar-refractivity contribution in [3.8, 4) is 28.6 Å². The van der Waals surface area contributed by atoms with Crippen LogP contribution < -0.4 is 5.32 Å². The molecule has 3 N–H and O–H groups in total. The van der Waals surface area contributed by atoms with Crippen molar-refractivity contribution in [3.05, 3.63) is 52.8 Å². The van der Waals surface area contributed by atoms with Crippen LogP contribution in [0.4, 0.5) is 0 Å². The van der Waals surface area contributed by atoms with Crippen LogP contribution in [-0.4, -0.2) is 80.0 Å². The Morgan fingerprint density at radius 3 is 2.43 bits per heavy atom. The van der Waals surface area contributed by atoms with Crippen LogP contribution in [0.1, 0.15) is 59.9 Å². The Morgan fingerprint density at radius 1 is 1.05 bits per heavy atom. The SMILES string of the molecule is Cc1cc(-n2c(C(=O)NC3CC3)nnc2-c2cc(C(C)C)c(O)cc2O)ccc1CN1CCN(C)CC1. The molecule has 196 valence electrons. The molecule has 1 aliphatic heterocycles. The van der Waals surface area contributed by atoms with Crippen molar-refractivity contribution >= 4 is 5.91 Å². The molecule has 2 aromatic carbocycles. The summed E-state index contributed by atoms with van der Waals surface area (Å²) >= 11 is 0. The van der Waals surface area contributed by atoms with Gasteiger partial charge in [0.2, 0.25) is 5.82 Å². The number of likely N-dealkylation sites (N-methyl/N-ethyl adjacent to an activating group) is 1. The number of nitrogens with zero attached hydrogens (tertiary/aromatic N) is 5. The lowest BCUT2D eigenvalue weighted by molar-refractivity contribution is 0.0938. The number of carbonyl (C=O) groups is 1. The summed E-state index contributed by atoms with van der Waals surface area (Å²) < 4.78 is 1.71. The zero-order chi connectivity index (χ0) is 26.3. The van der Waals surface area contributed by atoms with Crippen molar-refractivity contribution in [2.75, 3.05) is 33.2 Å². The molecule has 0 bridgehead atoms. The molecule has 1 amide bonds. The number of carbonyl (C=O) groups excluding carboxylic acids is 1. The van der Waals surface area contributed by atoms with Crippen molar-refractivity contribution in [1.82, 2.24) is 29.9 Å². The molecule has 5 rings (SSSR count). The first-order chi connectivity index (χ1) is 17.7. The Bertz CT molecular complexity index is 1310. The first-order valence-electron chi connectivity index (χ1n) is 13.0. The van der Waals surface area contributed by atoms with E-state index in [2.05, 4.69) is 45.4 Å². The molecule has 0 spiro atoms. The van der Waals surface area contributed by atoms with Gasteiger partial charge in [-0.15, -0.1) is 10.2 Å². The highest BCUT2D eigenvalue weighted by atomic mass is 16.3. The third-order valence-corrected chi connectivity index (χ3v) is 7.36. The molecule has 2 fully saturated rings. The topological polar surface area (TPSA) is 107 Å². The number of benzene rings is 2. The Hall–Kier alpha value is -3.43. The predicted octanol–water partition coefficient (Wildman–Crippen LogP) is 3.42. The lowest BCUT2D eigenvalue weighted by Crippen LogP contribution is -2.43. The molecule has 0 atom stereocenters. The summed E-state index contributed by atoms with van der Waals surface area (Å²) in [6.45, 7) is 11.1. The Labute approximate surface area is 217 Å². The maximum Gasteiger partial charge on any atom is 0.289 e. The van der Waals surface area contributed by atoms with Crippen molar-refractivity contribution in [3.63, 3.8) is 0 Å². The number of phenolic OH excluding ortho intramolecular Hbond substituents is 2. The normalized spacial score (nSPS) is 16.9. The number of aromatic hydroxyl groups is 2. The summed E-state index contributed by atoms with van der Waals surface area (Å²) in [6.07, 6.45) is 1.92. The predicted molar refractivity (Wildman–Crippen MR) is 142 cm³/mol. The van der Waals surface area contributed by atoms with Gasteiger partial charge in [-0.3, -0.25) is 14.3 Å². The number of hydrogen-bond acceptors (Lipinski definition) is 7. The van der Waals surface area contributed by atoms with Gasteiger partial charge in [0.25, 0.3) is 5.91 Å². The molecule has 9 nitrogen and oxygen atoms in total. The summed E-state index contributed by atoms with van der Waals surface area (Å²) in [5.41, 5.74) is 4.20. The monoisotopic (exact) mass is 504 g/mol. The maximum absolute atomic E-state index is 13.1. The molecule has 0 radical (unpaired) electrons. The van der Waals surface area contributed by atoms with Gasteiger partial charge < -0.3 is 20.4 Å². The second-order valence-corrected chi connectivity index (χ2v) is 10.7. The van der Waals surface area contributed by atoms with E-state index in [9.17, 15) is 15.0 Å². The molecular formula is C28H36N6O3. The van der Waals surface area contributed by atoms with Gasteiger partial charge in [-0.1, -0.05) is 19.9 Å².